The summed E-state index contributed by atoms with van der Waals surface area (Å²) in [5, 5.41) is 0. The van der Waals surface area contributed by atoms with Crippen molar-refractivity contribution in [1.29, 1.82) is 0 Å². The van der Waals surface area contributed by atoms with Gasteiger partial charge in [-0.25, -0.2) is 0 Å². The van der Waals surface area contributed by atoms with E-state index in [0.717, 1.165) is 13.0 Å². The van der Waals surface area contributed by atoms with Crippen LogP contribution in [0.2, 0.25) is 0 Å². The van der Waals surface area contributed by atoms with Crippen LogP contribution in [0, 0.1) is 14.4 Å². The van der Waals surface area contributed by atoms with Gasteiger partial charge in [0.2, 0.25) is 0 Å². The van der Waals surface area contributed by atoms with E-state index in [1.165, 1.54) is 0 Å². The van der Waals surface area contributed by atoms with Crippen LogP contribution in [0.5, 0.6) is 0 Å². The number of carbonyl (C=O) groups excluding carboxylic acids is 1. The van der Waals surface area contributed by atoms with Crippen molar-refractivity contribution < 1.29 is 60.9 Å². The van der Waals surface area contributed by atoms with Crippen molar-refractivity contribution in [2.45, 2.75) is 19.3 Å². The Kier molecular flexibility index (Phi) is 20.6. The zero-order chi connectivity index (χ0) is 9.40. The molecule has 14 heavy (non-hydrogen) atoms. The van der Waals surface area contributed by atoms with Crippen molar-refractivity contribution >= 4 is 5.97 Å². The van der Waals surface area contributed by atoms with Crippen LogP contribution in [0.3, 0.4) is 0 Å². The van der Waals surface area contributed by atoms with Gasteiger partial charge in [0.15, 0.2) is 0 Å². The molecule has 0 rings (SSSR count). The molecule has 80 valence electrons. The summed E-state index contributed by atoms with van der Waals surface area (Å²) in [6.45, 7) is 4.96. The molecular formula is C10H21KNO2-. The largest absolute Gasteiger partial charge is 1.00 e. The van der Waals surface area contributed by atoms with Gasteiger partial charge in [-0.15, -0.1) is 6.42 Å². The fourth-order valence-electron chi connectivity index (χ4n) is 0.798. The second kappa shape index (κ2) is 14.1. The van der Waals surface area contributed by atoms with E-state index < -0.39 is 0 Å². The van der Waals surface area contributed by atoms with Gasteiger partial charge in [-0.05, 0) is 27.1 Å². The van der Waals surface area contributed by atoms with Crippen LogP contribution in [0.4, 0.5) is 0 Å². The van der Waals surface area contributed by atoms with Crippen LogP contribution >= 0.6 is 0 Å². The van der Waals surface area contributed by atoms with Crippen molar-refractivity contribution in [3.63, 3.8) is 0 Å². The van der Waals surface area contributed by atoms with Crippen molar-refractivity contribution in [2.24, 2.45) is 0 Å². The molecule has 0 aliphatic heterocycles. The van der Waals surface area contributed by atoms with E-state index in [1.54, 1.807) is 0 Å². The van der Waals surface area contributed by atoms with Crippen molar-refractivity contribution in [3.8, 4) is 0 Å². The Labute approximate surface area is 131 Å². The first-order valence-electron chi connectivity index (χ1n) is 4.26. The molecule has 0 bridgehead atoms. The number of carbonyl (C=O) groups is 1. The van der Waals surface area contributed by atoms with E-state index in [1.807, 2.05) is 14.1 Å². The Morgan fingerprint density at radius 1 is 1.43 bits per heavy atom. The van der Waals surface area contributed by atoms with E-state index >= 15 is 0 Å². The molecule has 0 heterocycles. The second-order valence-electron chi connectivity index (χ2n) is 2.98. The molecule has 0 radical (unpaired) electrons. The first-order valence-corrected chi connectivity index (χ1v) is 4.26. The second-order valence-corrected chi connectivity index (χ2v) is 2.98. The number of ether oxygens (including phenoxy) is 1. The molecule has 0 aliphatic carbocycles. The molecule has 0 saturated carbocycles. The molecule has 0 atom stereocenters. The maximum absolute atomic E-state index is 10.9. The van der Waals surface area contributed by atoms with Gasteiger partial charge in [0.25, 0.3) is 0 Å². The van der Waals surface area contributed by atoms with Gasteiger partial charge >= 0.3 is 57.4 Å². The fourth-order valence-corrected chi connectivity index (χ4v) is 0.798. The Hall–Kier alpha value is 1.07. The van der Waals surface area contributed by atoms with Gasteiger partial charge in [0, 0.05) is 6.42 Å². The number of hydrogen-bond donors (Lipinski definition) is 0. The molecule has 0 aromatic carbocycles. The SMILES string of the molecule is [CH2-]CCOC(=O)CCCN(C)C.[CH3-].[K+]. The molecular weight excluding hydrogens is 205 g/mol. The summed E-state index contributed by atoms with van der Waals surface area (Å²) in [4.78, 5) is 13.0. The van der Waals surface area contributed by atoms with E-state index in [0.29, 0.717) is 19.4 Å². The topological polar surface area (TPSA) is 29.5 Å². The molecule has 0 amide bonds. The molecule has 0 spiro atoms. The molecule has 0 unspecified atom stereocenters. The molecule has 4 heteroatoms. The smallest absolute Gasteiger partial charge is 0.468 e. The third-order valence-electron chi connectivity index (χ3n) is 1.39. The monoisotopic (exact) mass is 226 g/mol. The molecule has 0 aromatic heterocycles. The summed E-state index contributed by atoms with van der Waals surface area (Å²) in [5.74, 6) is -0.111. The predicted octanol–water partition coefficient (Wildman–Crippen LogP) is -1.45. The van der Waals surface area contributed by atoms with E-state index in [2.05, 4.69) is 11.8 Å². The normalized spacial score (nSPS) is 8.86. The molecule has 0 saturated heterocycles. The predicted molar refractivity (Wildman–Crippen MR) is 55.1 cm³/mol. The van der Waals surface area contributed by atoms with Crippen LogP contribution in [-0.2, 0) is 9.53 Å². The average molecular weight is 226 g/mol. The van der Waals surface area contributed by atoms with Crippen LogP contribution in [0.25, 0.3) is 0 Å². The molecule has 0 N–H and O–H groups in total. The Bertz CT molecular complexity index is 129. The molecule has 0 aromatic rings. The first kappa shape index (κ1) is 20.5. The first-order chi connectivity index (χ1) is 5.66. The van der Waals surface area contributed by atoms with Crippen molar-refractivity contribution in [3.05, 3.63) is 14.4 Å². The third-order valence-corrected chi connectivity index (χ3v) is 1.39. The zero-order valence-electron chi connectivity index (χ0n) is 10.0. The minimum Gasteiger partial charge on any atom is -0.468 e. The molecule has 0 fully saturated rings. The van der Waals surface area contributed by atoms with Crippen LogP contribution in [0.1, 0.15) is 19.3 Å². The van der Waals surface area contributed by atoms with Gasteiger partial charge in [-0.1, -0.05) is 0 Å². The minimum atomic E-state index is -0.111. The number of nitrogens with zero attached hydrogens (tertiary/aromatic N) is 1. The fraction of sp³-hybridized carbons (Fsp3) is 0.700. The van der Waals surface area contributed by atoms with Gasteiger partial charge in [0.1, 0.15) is 0 Å². The maximum atomic E-state index is 10.9. The van der Waals surface area contributed by atoms with Gasteiger partial charge in [-0.3, -0.25) is 4.79 Å². The summed E-state index contributed by atoms with van der Waals surface area (Å²) in [5.41, 5.74) is 0. The van der Waals surface area contributed by atoms with E-state index in [-0.39, 0.29) is 64.8 Å². The average Bonchev–Trinajstić information content (AvgIpc) is 2.00. The van der Waals surface area contributed by atoms with Crippen molar-refractivity contribution in [1.82, 2.24) is 4.90 Å². The van der Waals surface area contributed by atoms with Crippen LogP contribution in [-0.4, -0.2) is 38.1 Å². The van der Waals surface area contributed by atoms with Gasteiger partial charge < -0.3 is 24.0 Å². The molecule has 3 nitrogen and oxygen atoms in total. The van der Waals surface area contributed by atoms with Gasteiger partial charge in [-0.2, -0.15) is 0 Å². The zero-order valence-corrected chi connectivity index (χ0v) is 13.1. The number of esters is 1. The van der Waals surface area contributed by atoms with E-state index in [9.17, 15) is 4.79 Å². The summed E-state index contributed by atoms with van der Waals surface area (Å²) in [6.07, 6.45) is 2.03. The minimum absolute atomic E-state index is 0. The Balaban J connectivity index is -0.000000605. The van der Waals surface area contributed by atoms with Crippen LogP contribution < -0.4 is 51.4 Å². The standard InChI is InChI=1S/C9H18NO2.CH3.K/c1-4-8-12-9(11)6-5-7-10(2)3;;/h1,4-8H2,2-3H3;1H3;/q2*-1;+1. The molecule has 0 aliphatic rings. The summed E-state index contributed by atoms with van der Waals surface area (Å²) >= 11 is 0. The summed E-state index contributed by atoms with van der Waals surface area (Å²) in [6, 6.07) is 0. The summed E-state index contributed by atoms with van der Waals surface area (Å²) < 4.78 is 4.85. The quantitative estimate of drug-likeness (QED) is 0.315. The van der Waals surface area contributed by atoms with E-state index in [4.69, 9.17) is 4.74 Å². The Morgan fingerprint density at radius 3 is 2.43 bits per heavy atom. The summed E-state index contributed by atoms with van der Waals surface area (Å²) in [7, 11) is 3.97. The van der Waals surface area contributed by atoms with Gasteiger partial charge in [0.05, 0.1) is 6.61 Å². The number of rotatable bonds is 6. The Morgan fingerprint density at radius 2 is 2.00 bits per heavy atom. The maximum Gasteiger partial charge on any atom is 1.00 e. The van der Waals surface area contributed by atoms with Crippen LogP contribution in [0.15, 0.2) is 0 Å². The van der Waals surface area contributed by atoms with Crippen molar-refractivity contribution in [2.75, 3.05) is 27.2 Å². The number of hydrogen-bond acceptors (Lipinski definition) is 3. The third kappa shape index (κ3) is 15.5.